The average molecular weight is 431 g/mol. The van der Waals surface area contributed by atoms with Crippen LogP contribution in [0.4, 0.5) is 0 Å². The smallest absolute Gasteiger partial charge is 0.197 e. The van der Waals surface area contributed by atoms with Crippen molar-refractivity contribution in [2.75, 3.05) is 14.2 Å². The molecule has 0 unspecified atom stereocenters. The van der Waals surface area contributed by atoms with Gasteiger partial charge in [-0.2, -0.15) is 5.10 Å². The maximum absolute atomic E-state index is 13.1. The van der Waals surface area contributed by atoms with Crippen LogP contribution in [0.25, 0.3) is 33.6 Å². The molecule has 8 heteroatoms. The molecule has 0 aliphatic heterocycles. The van der Waals surface area contributed by atoms with Gasteiger partial charge in [-0.05, 0) is 18.2 Å². The first kappa shape index (κ1) is 19.4. The maximum atomic E-state index is 13.1. The van der Waals surface area contributed by atoms with E-state index in [1.54, 1.807) is 48.3 Å². The van der Waals surface area contributed by atoms with Crippen molar-refractivity contribution in [1.29, 1.82) is 0 Å². The van der Waals surface area contributed by atoms with Crippen LogP contribution in [-0.4, -0.2) is 24.0 Å². The third kappa shape index (κ3) is 3.14. The predicted molar refractivity (Wildman–Crippen MR) is 113 cm³/mol. The number of aromatic nitrogens is 2. The maximum Gasteiger partial charge on any atom is 0.197 e. The highest BCUT2D eigenvalue weighted by Gasteiger charge is 2.23. The largest absolute Gasteiger partial charge is 0.496 e. The van der Waals surface area contributed by atoms with Gasteiger partial charge < -0.3 is 13.9 Å². The molecule has 0 amide bonds. The van der Waals surface area contributed by atoms with Crippen molar-refractivity contribution in [2.24, 2.45) is 7.05 Å². The highest BCUT2D eigenvalue weighted by atomic mass is 35.5. The molecule has 29 heavy (non-hydrogen) atoms. The standard InChI is InChI=1S/C21H16Cl2N2O4/c1-25-13(7-8-24-25)19-15(27-2)10-16(28-3)20-14(26)9-17(29-21(19)20)18-11(22)5-4-6-12(18)23/h4-10H,1-3H3. The van der Waals surface area contributed by atoms with Crippen molar-refractivity contribution in [3.8, 4) is 34.1 Å². The Bertz CT molecular complexity index is 1270. The van der Waals surface area contributed by atoms with Crippen molar-refractivity contribution >= 4 is 34.2 Å². The molecule has 4 aromatic rings. The molecule has 0 N–H and O–H groups in total. The molecule has 2 heterocycles. The van der Waals surface area contributed by atoms with Gasteiger partial charge in [0.05, 0.1) is 41.1 Å². The summed E-state index contributed by atoms with van der Waals surface area (Å²) in [6.07, 6.45) is 1.65. The molecule has 0 aliphatic rings. The second-order valence-corrected chi connectivity index (χ2v) is 7.09. The number of fused-ring (bicyclic) bond motifs is 1. The molecule has 0 saturated heterocycles. The van der Waals surface area contributed by atoms with Crippen LogP contribution in [0.3, 0.4) is 0 Å². The van der Waals surface area contributed by atoms with Crippen LogP contribution < -0.4 is 14.9 Å². The molecular formula is C21H16Cl2N2O4. The highest BCUT2D eigenvalue weighted by molar-refractivity contribution is 6.39. The minimum Gasteiger partial charge on any atom is -0.496 e. The molecule has 0 spiro atoms. The SMILES string of the molecule is COc1cc(OC)c2c(=O)cc(-c3c(Cl)cccc3Cl)oc2c1-c1ccnn1C. The number of halogens is 2. The fraction of sp³-hybridized carbons (Fsp3) is 0.143. The summed E-state index contributed by atoms with van der Waals surface area (Å²) in [7, 11) is 4.81. The second-order valence-electron chi connectivity index (χ2n) is 6.27. The lowest BCUT2D eigenvalue weighted by Crippen LogP contribution is -2.06. The fourth-order valence-electron chi connectivity index (χ4n) is 3.32. The summed E-state index contributed by atoms with van der Waals surface area (Å²) in [6, 6.07) is 9.91. The lowest BCUT2D eigenvalue weighted by Gasteiger charge is -2.15. The first-order valence-corrected chi connectivity index (χ1v) is 9.37. The van der Waals surface area contributed by atoms with Gasteiger partial charge >= 0.3 is 0 Å². The Labute approximate surface area is 176 Å². The van der Waals surface area contributed by atoms with E-state index >= 15 is 0 Å². The molecule has 0 bridgehead atoms. The normalized spacial score (nSPS) is 11.1. The van der Waals surface area contributed by atoms with Crippen molar-refractivity contribution < 1.29 is 13.9 Å². The zero-order valence-electron chi connectivity index (χ0n) is 15.8. The Kier molecular flexibility index (Phi) is 4.98. The molecule has 6 nitrogen and oxygen atoms in total. The van der Waals surface area contributed by atoms with E-state index in [0.717, 1.165) is 0 Å². The minimum atomic E-state index is -0.292. The number of rotatable bonds is 4. The minimum absolute atomic E-state index is 0.247. The Morgan fingerprint density at radius 1 is 1.00 bits per heavy atom. The zero-order valence-corrected chi connectivity index (χ0v) is 17.3. The summed E-state index contributed by atoms with van der Waals surface area (Å²) in [5, 5.41) is 5.25. The van der Waals surface area contributed by atoms with Crippen molar-refractivity contribution in [2.45, 2.75) is 0 Å². The number of nitrogens with zero attached hydrogens (tertiary/aromatic N) is 2. The van der Waals surface area contributed by atoms with Gasteiger partial charge in [0, 0.05) is 25.4 Å². The van der Waals surface area contributed by atoms with Crippen LogP contribution in [-0.2, 0) is 7.05 Å². The number of aryl methyl sites for hydroxylation is 1. The molecule has 148 valence electrons. The molecule has 0 aliphatic carbocycles. The number of hydrogen-bond acceptors (Lipinski definition) is 5. The van der Waals surface area contributed by atoms with E-state index in [0.29, 0.717) is 43.9 Å². The summed E-state index contributed by atoms with van der Waals surface area (Å²) in [5.74, 6) is 1.06. The van der Waals surface area contributed by atoms with Gasteiger partial charge in [-0.25, -0.2) is 0 Å². The zero-order chi connectivity index (χ0) is 20.7. The topological polar surface area (TPSA) is 66.5 Å². The summed E-state index contributed by atoms with van der Waals surface area (Å²) >= 11 is 12.7. The van der Waals surface area contributed by atoms with Crippen molar-refractivity contribution in [3.05, 3.63) is 62.9 Å². The van der Waals surface area contributed by atoms with E-state index in [4.69, 9.17) is 37.1 Å². The van der Waals surface area contributed by atoms with Gasteiger partial charge in [0.25, 0.3) is 0 Å². The van der Waals surface area contributed by atoms with E-state index in [1.807, 2.05) is 0 Å². The predicted octanol–water partition coefficient (Wildman–Crippen LogP) is 5.18. The van der Waals surface area contributed by atoms with E-state index in [1.165, 1.54) is 20.3 Å². The Hall–Kier alpha value is -2.96. The van der Waals surface area contributed by atoms with E-state index in [9.17, 15) is 4.79 Å². The number of methoxy groups -OCH3 is 2. The van der Waals surface area contributed by atoms with Crippen LogP contribution in [0.2, 0.25) is 10.0 Å². The van der Waals surface area contributed by atoms with E-state index in [2.05, 4.69) is 5.10 Å². The van der Waals surface area contributed by atoms with Crippen molar-refractivity contribution in [3.63, 3.8) is 0 Å². The van der Waals surface area contributed by atoms with Gasteiger partial charge in [-0.3, -0.25) is 9.48 Å². The molecule has 2 aromatic carbocycles. The monoisotopic (exact) mass is 430 g/mol. The second kappa shape index (κ2) is 7.46. The van der Waals surface area contributed by atoms with Gasteiger partial charge in [-0.1, -0.05) is 29.3 Å². The molecule has 4 rings (SSSR count). The van der Waals surface area contributed by atoms with Crippen LogP contribution in [0, 0.1) is 0 Å². The van der Waals surface area contributed by atoms with Gasteiger partial charge in [0.15, 0.2) is 11.0 Å². The fourth-order valence-corrected chi connectivity index (χ4v) is 3.90. The molecular weight excluding hydrogens is 415 g/mol. The summed E-state index contributed by atoms with van der Waals surface area (Å²) in [4.78, 5) is 13.1. The van der Waals surface area contributed by atoms with Crippen LogP contribution in [0.1, 0.15) is 0 Å². The number of ether oxygens (including phenoxy) is 2. The lowest BCUT2D eigenvalue weighted by atomic mass is 10.0. The van der Waals surface area contributed by atoms with Gasteiger partial charge in [-0.15, -0.1) is 0 Å². The first-order valence-electron chi connectivity index (χ1n) is 8.61. The summed E-state index contributed by atoms with van der Waals surface area (Å²) in [6.45, 7) is 0. The number of benzene rings is 2. The summed E-state index contributed by atoms with van der Waals surface area (Å²) < 4.78 is 18.9. The van der Waals surface area contributed by atoms with Crippen molar-refractivity contribution in [1.82, 2.24) is 9.78 Å². The Morgan fingerprint density at radius 3 is 2.28 bits per heavy atom. The highest BCUT2D eigenvalue weighted by Crippen LogP contribution is 2.43. The lowest BCUT2D eigenvalue weighted by molar-refractivity contribution is 0.397. The van der Waals surface area contributed by atoms with Crippen LogP contribution in [0.5, 0.6) is 11.5 Å². The first-order chi connectivity index (χ1) is 14.0. The third-order valence-electron chi connectivity index (χ3n) is 4.66. The molecule has 0 fully saturated rings. The average Bonchev–Trinajstić information content (AvgIpc) is 3.11. The molecule has 0 atom stereocenters. The van der Waals surface area contributed by atoms with Gasteiger partial charge in [0.1, 0.15) is 22.6 Å². The van der Waals surface area contributed by atoms with E-state index < -0.39 is 0 Å². The van der Waals surface area contributed by atoms with E-state index in [-0.39, 0.29) is 16.6 Å². The van der Waals surface area contributed by atoms with Gasteiger partial charge in [0.2, 0.25) is 0 Å². The molecule has 2 aromatic heterocycles. The van der Waals surface area contributed by atoms with Crippen LogP contribution >= 0.6 is 23.2 Å². The summed E-state index contributed by atoms with van der Waals surface area (Å²) in [5.41, 5.74) is 1.72. The Balaban J connectivity index is 2.18. The third-order valence-corrected chi connectivity index (χ3v) is 5.29. The quantitative estimate of drug-likeness (QED) is 0.445. The molecule has 0 saturated carbocycles. The number of hydrogen-bond donors (Lipinski definition) is 0. The molecule has 0 radical (unpaired) electrons. The Morgan fingerprint density at radius 2 is 1.69 bits per heavy atom. The van der Waals surface area contributed by atoms with Crippen LogP contribution in [0.15, 0.2) is 51.8 Å².